The van der Waals surface area contributed by atoms with Gasteiger partial charge < -0.3 is 10.4 Å². The van der Waals surface area contributed by atoms with E-state index in [0.29, 0.717) is 6.54 Å². The molecular weight excluding hydrogens is 214 g/mol. The first-order valence-corrected chi connectivity index (χ1v) is 6.14. The second-order valence-corrected chi connectivity index (χ2v) is 4.36. The summed E-state index contributed by atoms with van der Waals surface area (Å²) in [5.41, 5.74) is 2.64. The smallest absolute Gasteiger partial charge is 0.307 e. The van der Waals surface area contributed by atoms with E-state index in [1.54, 1.807) is 6.92 Å². The van der Waals surface area contributed by atoms with Crippen LogP contribution in [0.5, 0.6) is 0 Å². The fourth-order valence-corrected chi connectivity index (χ4v) is 1.58. The minimum atomic E-state index is -0.746. The Morgan fingerprint density at radius 1 is 1.29 bits per heavy atom. The van der Waals surface area contributed by atoms with E-state index in [-0.39, 0.29) is 5.92 Å². The first kappa shape index (κ1) is 13.7. The Morgan fingerprint density at radius 3 is 2.41 bits per heavy atom. The molecule has 0 spiro atoms. The van der Waals surface area contributed by atoms with Crippen LogP contribution in [-0.4, -0.2) is 24.2 Å². The fraction of sp³-hybridized carbons (Fsp3) is 0.500. The number of benzene rings is 1. The highest BCUT2D eigenvalue weighted by atomic mass is 16.4. The summed E-state index contributed by atoms with van der Waals surface area (Å²) in [6.07, 6.45) is 2.00. The average molecular weight is 235 g/mol. The molecule has 0 bridgehead atoms. The van der Waals surface area contributed by atoms with Crippen LogP contribution in [0, 0.1) is 5.92 Å². The maximum atomic E-state index is 10.6. The maximum absolute atomic E-state index is 10.6. The molecule has 0 aromatic heterocycles. The van der Waals surface area contributed by atoms with Gasteiger partial charge in [-0.25, -0.2) is 0 Å². The Kier molecular flexibility index (Phi) is 5.70. The van der Waals surface area contributed by atoms with Crippen LogP contribution in [-0.2, 0) is 17.6 Å². The molecule has 1 atom stereocenters. The monoisotopic (exact) mass is 235 g/mol. The molecule has 1 aromatic carbocycles. The molecule has 1 aromatic rings. The molecule has 2 N–H and O–H groups in total. The zero-order valence-electron chi connectivity index (χ0n) is 10.6. The van der Waals surface area contributed by atoms with Crippen molar-refractivity contribution < 1.29 is 9.90 Å². The van der Waals surface area contributed by atoms with Crippen LogP contribution in [0.15, 0.2) is 24.3 Å². The number of carboxylic acids is 1. The maximum Gasteiger partial charge on any atom is 0.307 e. The van der Waals surface area contributed by atoms with Gasteiger partial charge in [-0.15, -0.1) is 0 Å². The Balaban J connectivity index is 2.24. The van der Waals surface area contributed by atoms with Gasteiger partial charge in [-0.2, -0.15) is 0 Å². The number of carboxylic acid groups (broad SMARTS) is 1. The summed E-state index contributed by atoms with van der Waals surface area (Å²) in [6, 6.07) is 8.58. The molecule has 0 fully saturated rings. The molecule has 0 aliphatic heterocycles. The number of carbonyl (C=O) groups is 1. The van der Waals surface area contributed by atoms with E-state index in [2.05, 4.69) is 36.5 Å². The number of hydrogen-bond donors (Lipinski definition) is 2. The largest absolute Gasteiger partial charge is 0.481 e. The van der Waals surface area contributed by atoms with Gasteiger partial charge in [0.05, 0.1) is 5.92 Å². The van der Waals surface area contributed by atoms with Gasteiger partial charge in [0, 0.05) is 6.54 Å². The van der Waals surface area contributed by atoms with E-state index in [4.69, 9.17) is 5.11 Å². The number of aliphatic carboxylic acids is 1. The fourth-order valence-electron chi connectivity index (χ4n) is 1.58. The van der Waals surface area contributed by atoms with E-state index in [1.807, 2.05) is 0 Å². The Labute approximate surface area is 103 Å². The van der Waals surface area contributed by atoms with E-state index in [0.717, 1.165) is 19.4 Å². The average Bonchev–Trinajstić information content (AvgIpc) is 2.35. The highest BCUT2D eigenvalue weighted by molar-refractivity contribution is 5.69. The molecule has 0 saturated heterocycles. The first-order chi connectivity index (χ1) is 8.13. The summed E-state index contributed by atoms with van der Waals surface area (Å²) >= 11 is 0. The van der Waals surface area contributed by atoms with Gasteiger partial charge in [0.1, 0.15) is 0 Å². The SMILES string of the molecule is CCc1ccc(CCNCC(C)C(=O)O)cc1. The highest BCUT2D eigenvalue weighted by Gasteiger charge is 2.08. The van der Waals surface area contributed by atoms with Crippen LogP contribution < -0.4 is 5.32 Å². The summed E-state index contributed by atoms with van der Waals surface area (Å²) in [6.45, 7) is 5.21. The molecule has 3 nitrogen and oxygen atoms in total. The Hall–Kier alpha value is -1.35. The van der Waals surface area contributed by atoms with Crippen molar-refractivity contribution in [1.29, 1.82) is 0 Å². The molecular formula is C14H21NO2. The lowest BCUT2D eigenvalue weighted by Crippen LogP contribution is -2.27. The molecule has 0 aliphatic carbocycles. The van der Waals surface area contributed by atoms with Crippen molar-refractivity contribution in [3.8, 4) is 0 Å². The predicted octanol–water partition coefficient (Wildman–Crippen LogP) is 2.10. The number of nitrogens with one attached hydrogen (secondary N) is 1. The second kappa shape index (κ2) is 7.07. The van der Waals surface area contributed by atoms with E-state index < -0.39 is 5.97 Å². The number of hydrogen-bond acceptors (Lipinski definition) is 2. The summed E-state index contributed by atoms with van der Waals surface area (Å²) in [7, 11) is 0. The molecule has 0 saturated carbocycles. The van der Waals surface area contributed by atoms with Gasteiger partial charge in [0.2, 0.25) is 0 Å². The van der Waals surface area contributed by atoms with E-state index in [1.165, 1.54) is 11.1 Å². The van der Waals surface area contributed by atoms with Crippen molar-refractivity contribution in [3.05, 3.63) is 35.4 Å². The lowest BCUT2D eigenvalue weighted by Gasteiger charge is -2.08. The van der Waals surface area contributed by atoms with Crippen LogP contribution in [0.2, 0.25) is 0 Å². The molecule has 3 heteroatoms. The quantitative estimate of drug-likeness (QED) is 0.712. The van der Waals surface area contributed by atoms with Crippen LogP contribution >= 0.6 is 0 Å². The zero-order valence-corrected chi connectivity index (χ0v) is 10.6. The standard InChI is InChI=1S/C14H21NO2/c1-3-12-4-6-13(7-5-12)8-9-15-10-11(2)14(16)17/h4-7,11,15H,3,8-10H2,1-2H3,(H,16,17). The third-order valence-electron chi connectivity index (χ3n) is 2.89. The van der Waals surface area contributed by atoms with Crippen LogP contribution in [0.3, 0.4) is 0 Å². The lowest BCUT2D eigenvalue weighted by atomic mass is 10.1. The first-order valence-electron chi connectivity index (χ1n) is 6.14. The molecule has 0 heterocycles. The number of rotatable bonds is 7. The summed E-state index contributed by atoms with van der Waals surface area (Å²) in [5, 5.41) is 11.9. The van der Waals surface area contributed by atoms with Gasteiger partial charge in [0.15, 0.2) is 0 Å². The Bertz CT molecular complexity index is 346. The van der Waals surface area contributed by atoms with Crippen molar-refractivity contribution in [1.82, 2.24) is 5.32 Å². The van der Waals surface area contributed by atoms with Crippen molar-refractivity contribution >= 4 is 5.97 Å². The van der Waals surface area contributed by atoms with Crippen molar-refractivity contribution in [2.45, 2.75) is 26.7 Å². The minimum absolute atomic E-state index is 0.322. The Morgan fingerprint density at radius 2 is 1.88 bits per heavy atom. The van der Waals surface area contributed by atoms with Gasteiger partial charge in [0.25, 0.3) is 0 Å². The predicted molar refractivity (Wildman–Crippen MR) is 69.2 cm³/mol. The molecule has 0 aliphatic rings. The molecule has 1 unspecified atom stereocenters. The van der Waals surface area contributed by atoms with Crippen LogP contribution in [0.1, 0.15) is 25.0 Å². The molecule has 17 heavy (non-hydrogen) atoms. The molecule has 94 valence electrons. The molecule has 0 amide bonds. The van der Waals surface area contributed by atoms with Crippen LogP contribution in [0.4, 0.5) is 0 Å². The third-order valence-corrected chi connectivity index (χ3v) is 2.89. The summed E-state index contributed by atoms with van der Waals surface area (Å²) in [5.74, 6) is -1.07. The van der Waals surface area contributed by atoms with Gasteiger partial charge in [-0.05, 0) is 30.5 Å². The van der Waals surface area contributed by atoms with E-state index in [9.17, 15) is 4.79 Å². The van der Waals surface area contributed by atoms with Gasteiger partial charge in [-0.1, -0.05) is 38.1 Å². The highest BCUT2D eigenvalue weighted by Crippen LogP contribution is 2.05. The van der Waals surface area contributed by atoms with Crippen molar-refractivity contribution in [3.63, 3.8) is 0 Å². The second-order valence-electron chi connectivity index (χ2n) is 4.36. The third kappa shape index (κ3) is 5.00. The zero-order chi connectivity index (χ0) is 12.7. The van der Waals surface area contributed by atoms with Crippen molar-refractivity contribution in [2.24, 2.45) is 5.92 Å². The summed E-state index contributed by atoms with van der Waals surface area (Å²) in [4.78, 5) is 10.6. The normalized spacial score (nSPS) is 12.4. The molecule has 0 radical (unpaired) electrons. The topological polar surface area (TPSA) is 49.3 Å². The molecule has 1 rings (SSSR count). The van der Waals surface area contributed by atoms with Crippen molar-refractivity contribution in [2.75, 3.05) is 13.1 Å². The van der Waals surface area contributed by atoms with Crippen LogP contribution in [0.25, 0.3) is 0 Å². The minimum Gasteiger partial charge on any atom is -0.481 e. The van der Waals surface area contributed by atoms with Gasteiger partial charge >= 0.3 is 5.97 Å². The number of aryl methyl sites for hydroxylation is 1. The lowest BCUT2D eigenvalue weighted by molar-refractivity contribution is -0.140. The van der Waals surface area contributed by atoms with Gasteiger partial charge in [-0.3, -0.25) is 4.79 Å². The van der Waals surface area contributed by atoms with E-state index >= 15 is 0 Å². The summed E-state index contributed by atoms with van der Waals surface area (Å²) < 4.78 is 0.